The molecule has 4 heterocycles. The molecule has 0 atom stereocenters. The third-order valence-corrected chi connectivity index (χ3v) is 6.22. The fourth-order valence-corrected chi connectivity index (χ4v) is 4.57. The average molecular weight is 421 g/mol. The topological polar surface area (TPSA) is 79.5 Å². The van der Waals surface area contributed by atoms with Gasteiger partial charge in [-0.3, -0.25) is 9.69 Å². The molecular weight excluding hydrogens is 392 g/mol. The molecule has 1 aromatic carbocycles. The fourth-order valence-electron chi connectivity index (χ4n) is 4.57. The molecule has 7 nitrogen and oxygen atoms in total. The summed E-state index contributed by atoms with van der Waals surface area (Å²) in [6.07, 6.45) is 6.82. The molecule has 2 N–H and O–H groups in total. The number of aromatic amines is 1. The number of benzene rings is 1. The highest BCUT2D eigenvalue weighted by Crippen LogP contribution is 2.32. The lowest BCUT2D eigenvalue weighted by atomic mass is 9.89. The van der Waals surface area contributed by atoms with Gasteiger partial charge in [-0.05, 0) is 73.7 Å². The van der Waals surface area contributed by atoms with Crippen LogP contribution >= 0.6 is 0 Å². The molecule has 0 radical (unpaired) electrons. The fraction of sp³-hybridized carbons (Fsp3) is 0.417. The van der Waals surface area contributed by atoms with Gasteiger partial charge < -0.3 is 19.8 Å². The second kappa shape index (κ2) is 8.98. The third-order valence-electron chi connectivity index (χ3n) is 6.22. The smallest absolute Gasteiger partial charge is 0.234 e. The Kier molecular flexibility index (Phi) is 5.76. The number of carbonyl (C=O) groups excluding carboxylic acids is 1. The quantitative estimate of drug-likeness (QED) is 0.641. The minimum Gasteiger partial charge on any atom is -0.486 e. The van der Waals surface area contributed by atoms with Crippen LogP contribution < -0.4 is 14.8 Å². The van der Waals surface area contributed by atoms with Crippen molar-refractivity contribution in [2.24, 2.45) is 0 Å². The Balaban J connectivity index is 1.06. The number of ether oxygens (including phenoxy) is 2. The van der Waals surface area contributed by atoms with Crippen molar-refractivity contribution in [2.45, 2.75) is 25.2 Å². The van der Waals surface area contributed by atoms with Crippen molar-refractivity contribution in [1.82, 2.24) is 20.2 Å². The molecule has 2 aromatic heterocycles. The third kappa shape index (κ3) is 4.51. The Morgan fingerprint density at radius 1 is 1.16 bits per heavy atom. The van der Waals surface area contributed by atoms with Crippen molar-refractivity contribution in [2.75, 3.05) is 39.4 Å². The van der Waals surface area contributed by atoms with Crippen molar-refractivity contribution < 1.29 is 14.3 Å². The molecule has 2 aliphatic heterocycles. The summed E-state index contributed by atoms with van der Waals surface area (Å²) in [5.41, 5.74) is 3.45. The molecular formula is C24H28N4O3. The first-order chi connectivity index (χ1) is 15.3. The number of nitrogens with zero attached hydrogens (tertiary/aromatic N) is 2. The maximum Gasteiger partial charge on any atom is 0.234 e. The van der Waals surface area contributed by atoms with E-state index < -0.39 is 0 Å². The van der Waals surface area contributed by atoms with Crippen LogP contribution in [0.4, 0.5) is 0 Å². The van der Waals surface area contributed by atoms with Gasteiger partial charge in [0.15, 0.2) is 11.5 Å². The standard InChI is InChI=1S/C24H28N4O3/c29-23(25-9-5-17-3-4-21-22(14-17)31-13-12-30-21)16-28-10-6-18(7-11-28)20-15-27-24-19(20)2-1-8-26-24/h1-4,8,14-15,18H,5-7,9-13,16H2,(H,25,29)(H,26,27). The summed E-state index contributed by atoms with van der Waals surface area (Å²) in [7, 11) is 0. The number of rotatable bonds is 6. The molecule has 0 saturated carbocycles. The van der Waals surface area contributed by atoms with Gasteiger partial charge >= 0.3 is 0 Å². The van der Waals surface area contributed by atoms with Gasteiger partial charge in [-0.1, -0.05) is 6.07 Å². The lowest BCUT2D eigenvalue weighted by Crippen LogP contribution is -2.41. The van der Waals surface area contributed by atoms with E-state index in [9.17, 15) is 4.79 Å². The van der Waals surface area contributed by atoms with Crippen LogP contribution in [0.15, 0.2) is 42.7 Å². The number of likely N-dealkylation sites (tertiary alicyclic amines) is 1. The molecule has 5 rings (SSSR count). The second-order valence-corrected chi connectivity index (χ2v) is 8.27. The summed E-state index contributed by atoms with van der Waals surface area (Å²) >= 11 is 0. The van der Waals surface area contributed by atoms with E-state index in [2.05, 4.69) is 32.4 Å². The van der Waals surface area contributed by atoms with Gasteiger partial charge in [0.2, 0.25) is 5.91 Å². The number of carbonyl (C=O) groups is 1. The Bertz CT molecular complexity index is 1060. The molecule has 162 valence electrons. The minimum atomic E-state index is 0.0901. The summed E-state index contributed by atoms with van der Waals surface area (Å²) in [5, 5.41) is 4.28. The predicted octanol–water partition coefficient (Wildman–Crippen LogP) is 2.87. The maximum atomic E-state index is 12.4. The minimum absolute atomic E-state index is 0.0901. The van der Waals surface area contributed by atoms with E-state index in [-0.39, 0.29) is 5.91 Å². The average Bonchev–Trinajstić information content (AvgIpc) is 3.24. The van der Waals surface area contributed by atoms with E-state index in [1.54, 1.807) is 0 Å². The normalized spacial score (nSPS) is 17.0. The van der Waals surface area contributed by atoms with Crippen molar-refractivity contribution >= 4 is 16.9 Å². The predicted molar refractivity (Wildman–Crippen MR) is 119 cm³/mol. The first kappa shape index (κ1) is 19.9. The molecule has 31 heavy (non-hydrogen) atoms. The molecule has 0 unspecified atom stereocenters. The van der Waals surface area contributed by atoms with Crippen molar-refractivity contribution in [3.05, 3.63) is 53.9 Å². The first-order valence-corrected chi connectivity index (χ1v) is 11.1. The largest absolute Gasteiger partial charge is 0.486 e. The maximum absolute atomic E-state index is 12.4. The summed E-state index contributed by atoms with van der Waals surface area (Å²) in [5.74, 6) is 2.20. The van der Waals surface area contributed by atoms with Gasteiger partial charge in [0.25, 0.3) is 0 Å². The number of hydrogen-bond acceptors (Lipinski definition) is 5. The van der Waals surface area contributed by atoms with Crippen molar-refractivity contribution in [1.29, 1.82) is 0 Å². The monoisotopic (exact) mass is 420 g/mol. The van der Waals surface area contributed by atoms with Crippen LogP contribution in [0.2, 0.25) is 0 Å². The van der Waals surface area contributed by atoms with Crippen LogP contribution in [0.1, 0.15) is 29.9 Å². The van der Waals surface area contributed by atoms with Crippen LogP contribution in [0.25, 0.3) is 11.0 Å². The molecule has 1 fully saturated rings. The molecule has 0 bridgehead atoms. The summed E-state index contributed by atoms with van der Waals surface area (Å²) in [6, 6.07) is 10.1. The SMILES string of the molecule is O=C(CN1CCC(c2c[nH]c3ncccc23)CC1)NCCc1ccc2c(c1)OCCO2. The molecule has 1 amide bonds. The van der Waals surface area contributed by atoms with E-state index in [0.717, 1.165) is 55.1 Å². The number of nitrogens with one attached hydrogen (secondary N) is 2. The van der Waals surface area contributed by atoms with Gasteiger partial charge in [0, 0.05) is 24.3 Å². The Hall–Kier alpha value is -3.06. The number of H-pyrrole nitrogens is 1. The lowest BCUT2D eigenvalue weighted by molar-refractivity contribution is -0.122. The van der Waals surface area contributed by atoms with E-state index in [0.29, 0.717) is 32.2 Å². The highest BCUT2D eigenvalue weighted by Gasteiger charge is 2.24. The number of aromatic nitrogens is 2. The van der Waals surface area contributed by atoms with Crippen LogP contribution in [0.3, 0.4) is 0 Å². The van der Waals surface area contributed by atoms with E-state index >= 15 is 0 Å². The second-order valence-electron chi connectivity index (χ2n) is 8.27. The van der Waals surface area contributed by atoms with E-state index in [1.807, 2.05) is 30.5 Å². The van der Waals surface area contributed by atoms with Crippen LogP contribution in [0, 0.1) is 0 Å². The number of amides is 1. The first-order valence-electron chi connectivity index (χ1n) is 11.1. The number of pyridine rings is 1. The van der Waals surface area contributed by atoms with Crippen LogP contribution in [0.5, 0.6) is 11.5 Å². The molecule has 7 heteroatoms. The number of hydrogen-bond donors (Lipinski definition) is 2. The van der Waals surface area contributed by atoms with Crippen LogP contribution in [-0.2, 0) is 11.2 Å². The van der Waals surface area contributed by atoms with Crippen molar-refractivity contribution in [3.63, 3.8) is 0 Å². The molecule has 1 saturated heterocycles. The molecule has 0 aliphatic carbocycles. The Labute approximate surface area is 181 Å². The Morgan fingerprint density at radius 2 is 2.00 bits per heavy atom. The molecule has 2 aliphatic rings. The van der Waals surface area contributed by atoms with Gasteiger partial charge in [-0.15, -0.1) is 0 Å². The highest BCUT2D eigenvalue weighted by atomic mass is 16.6. The summed E-state index contributed by atoms with van der Waals surface area (Å²) in [6.45, 7) is 4.14. The Morgan fingerprint density at radius 3 is 2.87 bits per heavy atom. The number of piperidine rings is 1. The lowest BCUT2D eigenvalue weighted by Gasteiger charge is -2.31. The zero-order valence-electron chi connectivity index (χ0n) is 17.6. The van der Waals surface area contributed by atoms with Gasteiger partial charge in [0.05, 0.1) is 6.54 Å². The highest BCUT2D eigenvalue weighted by molar-refractivity contribution is 5.80. The van der Waals surface area contributed by atoms with Gasteiger partial charge in [0.1, 0.15) is 18.9 Å². The van der Waals surface area contributed by atoms with Gasteiger partial charge in [-0.25, -0.2) is 4.98 Å². The zero-order chi connectivity index (χ0) is 21.0. The van der Waals surface area contributed by atoms with Crippen LogP contribution in [-0.4, -0.2) is 60.2 Å². The zero-order valence-corrected chi connectivity index (χ0v) is 17.6. The molecule has 0 spiro atoms. The van der Waals surface area contributed by atoms with E-state index in [4.69, 9.17) is 9.47 Å². The van der Waals surface area contributed by atoms with Crippen molar-refractivity contribution in [3.8, 4) is 11.5 Å². The summed E-state index contributed by atoms with van der Waals surface area (Å²) < 4.78 is 11.2. The van der Waals surface area contributed by atoms with Gasteiger partial charge in [-0.2, -0.15) is 0 Å². The summed E-state index contributed by atoms with van der Waals surface area (Å²) in [4.78, 5) is 22.3. The molecule has 3 aromatic rings. The number of fused-ring (bicyclic) bond motifs is 2. The van der Waals surface area contributed by atoms with E-state index in [1.165, 1.54) is 10.9 Å².